The second-order valence-corrected chi connectivity index (χ2v) is 6.61. The smallest absolute Gasteiger partial charge is 0.277 e. The van der Waals surface area contributed by atoms with Crippen LogP contribution in [0.3, 0.4) is 0 Å². The van der Waals surface area contributed by atoms with Gasteiger partial charge >= 0.3 is 0 Å². The first-order valence-electron chi connectivity index (χ1n) is 7.52. The van der Waals surface area contributed by atoms with Crippen LogP contribution in [-0.2, 0) is 20.1 Å². The molecule has 8 nitrogen and oxygen atoms in total. The molecule has 3 rings (SSSR count). The van der Waals surface area contributed by atoms with Crippen molar-refractivity contribution in [1.29, 1.82) is 0 Å². The van der Waals surface area contributed by atoms with Crippen LogP contribution in [-0.4, -0.2) is 35.2 Å². The molecule has 0 aliphatic heterocycles. The normalized spacial score (nSPS) is 11.0. The van der Waals surface area contributed by atoms with Crippen molar-refractivity contribution in [3.63, 3.8) is 0 Å². The molecular weight excluding hydrogens is 421 g/mol. The molecule has 126 valence electrons. The summed E-state index contributed by atoms with van der Waals surface area (Å²) in [6.07, 6.45) is 7.09. The average Bonchev–Trinajstić information content (AvgIpc) is 3.21. The summed E-state index contributed by atoms with van der Waals surface area (Å²) < 4.78 is 6.16. The summed E-state index contributed by atoms with van der Waals surface area (Å²) in [6.45, 7) is 5.56. The highest BCUT2D eigenvalue weighted by Crippen LogP contribution is 2.14. The Morgan fingerprint density at radius 1 is 1.29 bits per heavy atom. The standard InChI is InChI=1S/C15H18IN7O/c1-4-23-10(2)11(5-18-23)7-22-8-12(6-17-22)19-15(24)14-13(16)9-21(3)20-14/h5-6,8-9H,4,7H2,1-3H3,(H,19,24). The Morgan fingerprint density at radius 3 is 2.71 bits per heavy atom. The Morgan fingerprint density at radius 2 is 2.08 bits per heavy atom. The van der Waals surface area contributed by atoms with E-state index in [9.17, 15) is 4.79 Å². The molecule has 0 saturated carbocycles. The van der Waals surface area contributed by atoms with E-state index in [2.05, 4.69) is 50.1 Å². The first kappa shape index (κ1) is 16.7. The minimum absolute atomic E-state index is 0.241. The molecule has 0 unspecified atom stereocenters. The van der Waals surface area contributed by atoms with Gasteiger partial charge < -0.3 is 5.32 Å². The van der Waals surface area contributed by atoms with Gasteiger partial charge in [-0.15, -0.1) is 0 Å². The molecule has 0 radical (unpaired) electrons. The fourth-order valence-corrected chi connectivity index (χ4v) is 3.21. The monoisotopic (exact) mass is 439 g/mol. The molecule has 1 N–H and O–H groups in total. The second kappa shape index (κ2) is 6.75. The molecule has 0 spiro atoms. The molecule has 3 heterocycles. The van der Waals surface area contributed by atoms with Crippen LogP contribution in [0.4, 0.5) is 5.69 Å². The predicted octanol–water partition coefficient (Wildman–Crippen LogP) is 2.05. The maximum Gasteiger partial charge on any atom is 0.277 e. The number of halogens is 1. The molecular formula is C15H18IN7O. The number of nitrogens with one attached hydrogen (secondary N) is 1. The number of hydrogen-bond acceptors (Lipinski definition) is 4. The molecule has 0 atom stereocenters. The number of carbonyl (C=O) groups is 1. The Balaban J connectivity index is 1.70. The molecule has 0 aromatic carbocycles. The number of rotatable bonds is 5. The van der Waals surface area contributed by atoms with E-state index in [0.29, 0.717) is 17.9 Å². The first-order valence-corrected chi connectivity index (χ1v) is 8.60. The number of aromatic nitrogens is 6. The number of amides is 1. The quantitative estimate of drug-likeness (QED) is 0.617. The van der Waals surface area contributed by atoms with Gasteiger partial charge in [-0.1, -0.05) is 0 Å². The van der Waals surface area contributed by atoms with E-state index in [1.54, 1.807) is 35.0 Å². The van der Waals surface area contributed by atoms with Crippen LogP contribution in [0.2, 0.25) is 0 Å². The van der Waals surface area contributed by atoms with Gasteiger partial charge in [-0.25, -0.2) is 0 Å². The van der Waals surface area contributed by atoms with Gasteiger partial charge in [-0.3, -0.25) is 18.8 Å². The molecule has 3 aromatic rings. The summed E-state index contributed by atoms with van der Waals surface area (Å²) in [6, 6.07) is 0. The van der Waals surface area contributed by atoms with Crippen LogP contribution < -0.4 is 5.32 Å². The van der Waals surface area contributed by atoms with Crippen LogP contribution in [0.25, 0.3) is 0 Å². The van der Waals surface area contributed by atoms with Crippen molar-refractivity contribution in [2.45, 2.75) is 26.9 Å². The van der Waals surface area contributed by atoms with Gasteiger partial charge in [-0.05, 0) is 36.4 Å². The fourth-order valence-electron chi connectivity index (χ4n) is 2.45. The lowest BCUT2D eigenvalue weighted by Gasteiger charge is -2.03. The highest BCUT2D eigenvalue weighted by Gasteiger charge is 2.15. The zero-order valence-corrected chi connectivity index (χ0v) is 15.9. The molecule has 9 heteroatoms. The van der Waals surface area contributed by atoms with E-state index < -0.39 is 0 Å². The lowest BCUT2D eigenvalue weighted by molar-refractivity contribution is 0.102. The van der Waals surface area contributed by atoms with Crippen molar-refractivity contribution in [3.8, 4) is 0 Å². The topological polar surface area (TPSA) is 82.6 Å². The van der Waals surface area contributed by atoms with Crippen molar-refractivity contribution in [2.75, 3.05) is 5.32 Å². The van der Waals surface area contributed by atoms with Gasteiger partial charge in [0.1, 0.15) is 0 Å². The molecule has 24 heavy (non-hydrogen) atoms. The Kier molecular flexibility index (Phi) is 4.69. The molecule has 0 bridgehead atoms. The third-order valence-electron chi connectivity index (χ3n) is 3.73. The highest BCUT2D eigenvalue weighted by molar-refractivity contribution is 14.1. The zero-order chi connectivity index (χ0) is 17.3. The third kappa shape index (κ3) is 3.35. The largest absolute Gasteiger partial charge is 0.318 e. The van der Waals surface area contributed by atoms with Crippen LogP contribution in [0, 0.1) is 10.5 Å². The summed E-state index contributed by atoms with van der Waals surface area (Å²) in [5.41, 5.74) is 3.28. The van der Waals surface area contributed by atoms with Crippen molar-refractivity contribution >= 4 is 34.2 Å². The van der Waals surface area contributed by atoms with Crippen molar-refractivity contribution in [2.24, 2.45) is 7.05 Å². The fraction of sp³-hybridized carbons (Fsp3) is 0.333. The van der Waals surface area contributed by atoms with E-state index in [1.165, 1.54) is 0 Å². The molecule has 3 aromatic heterocycles. The molecule has 0 fully saturated rings. The van der Waals surface area contributed by atoms with Gasteiger partial charge in [-0.2, -0.15) is 15.3 Å². The predicted molar refractivity (Wildman–Crippen MR) is 97.8 cm³/mol. The number of aryl methyl sites for hydroxylation is 2. The van der Waals surface area contributed by atoms with E-state index in [-0.39, 0.29) is 5.91 Å². The Bertz CT molecular complexity index is 876. The summed E-state index contributed by atoms with van der Waals surface area (Å²) in [5.74, 6) is -0.241. The van der Waals surface area contributed by atoms with E-state index in [0.717, 1.165) is 21.4 Å². The van der Waals surface area contributed by atoms with Crippen LogP contribution in [0.5, 0.6) is 0 Å². The maximum atomic E-state index is 12.3. The third-order valence-corrected chi connectivity index (χ3v) is 4.52. The van der Waals surface area contributed by atoms with Gasteiger partial charge in [0.25, 0.3) is 5.91 Å². The molecule has 1 amide bonds. The van der Waals surface area contributed by atoms with Gasteiger partial charge in [0.05, 0.1) is 28.2 Å². The molecule has 0 aliphatic carbocycles. The average molecular weight is 439 g/mol. The van der Waals surface area contributed by atoms with Gasteiger partial charge in [0.2, 0.25) is 0 Å². The zero-order valence-electron chi connectivity index (χ0n) is 13.7. The van der Waals surface area contributed by atoms with Crippen molar-refractivity contribution < 1.29 is 4.79 Å². The second-order valence-electron chi connectivity index (χ2n) is 5.45. The lowest BCUT2D eigenvalue weighted by atomic mass is 10.2. The lowest BCUT2D eigenvalue weighted by Crippen LogP contribution is -2.13. The van der Waals surface area contributed by atoms with Crippen LogP contribution in [0.15, 0.2) is 24.8 Å². The maximum absolute atomic E-state index is 12.3. The number of hydrogen-bond donors (Lipinski definition) is 1. The number of nitrogens with zero attached hydrogens (tertiary/aromatic N) is 6. The Labute approximate surface area is 153 Å². The highest BCUT2D eigenvalue weighted by atomic mass is 127. The number of anilines is 1. The first-order chi connectivity index (χ1) is 11.5. The van der Waals surface area contributed by atoms with Crippen LogP contribution >= 0.6 is 22.6 Å². The van der Waals surface area contributed by atoms with Gasteiger partial charge in [0.15, 0.2) is 5.69 Å². The molecule has 0 aliphatic rings. The van der Waals surface area contributed by atoms with E-state index in [4.69, 9.17) is 0 Å². The minimum atomic E-state index is -0.241. The van der Waals surface area contributed by atoms with E-state index >= 15 is 0 Å². The summed E-state index contributed by atoms with van der Waals surface area (Å²) in [7, 11) is 1.79. The number of carbonyl (C=O) groups excluding carboxylic acids is 1. The van der Waals surface area contributed by atoms with Crippen molar-refractivity contribution in [1.82, 2.24) is 29.3 Å². The van der Waals surface area contributed by atoms with Crippen molar-refractivity contribution in [3.05, 3.63) is 45.3 Å². The van der Waals surface area contributed by atoms with Gasteiger partial charge in [0, 0.05) is 37.2 Å². The van der Waals surface area contributed by atoms with Crippen LogP contribution in [0.1, 0.15) is 28.7 Å². The minimum Gasteiger partial charge on any atom is -0.318 e. The SMILES string of the molecule is CCn1ncc(Cn2cc(NC(=O)c3nn(C)cc3I)cn2)c1C. The summed E-state index contributed by atoms with van der Waals surface area (Å²) in [5, 5.41) is 15.6. The molecule has 0 saturated heterocycles. The van der Waals surface area contributed by atoms with E-state index in [1.807, 2.05) is 17.8 Å². The summed E-state index contributed by atoms with van der Waals surface area (Å²) >= 11 is 2.09. The Hall–Kier alpha value is -2.17. The summed E-state index contributed by atoms with van der Waals surface area (Å²) in [4.78, 5) is 12.3.